The van der Waals surface area contributed by atoms with Gasteiger partial charge in [-0.25, -0.2) is 4.98 Å². The van der Waals surface area contributed by atoms with E-state index in [0.29, 0.717) is 11.9 Å². The maximum absolute atomic E-state index is 10.5. The molecule has 2 aromatic rings. The maximum Gasteiger partial charge on any atom is 0.381 e. The standard InChI is InChI=1S/C10H11N5O2/c16-15(17)10-5-14(7-12-10)9-4-13(6-11-9)8-2-1-3-8/h4-8H,1-3H2. The van der Waals surface area contributed by atoms with Crippen LogP contribution in [0.4, 0.5) is 5.82 Å². The maximum atomic E-state index is 10.5. The Balaban J connectivity index is 1.87. The first-order valence-electron chi connectivity index (χ1n) is 5.46. The van der Waals surface area contributed by atoms with Gasteiger partial charge < -0.3 is 14.7 Å². The van der Waals surface area contributed by atoms with Crippen molar-refractivity contribution in [2.24, 2.45) is 0 Å². The van der Waals surface area contributed by atoms with E-state index in [9.17, 15) is 10.1 Å². The van der Waals surface area contributed by atoms with Crippen molar-refractivity contribution in [3.8, 4) is 5.82 Å². The summed E-state index contributed by atoms with van der Waals surface area (Å²) in [4.78, 5) is 17.9. The summed E-state index contributed by atoms with van der Waals surface area (Å²) in [6.07, 6.45) is 10.1. The summed E-state index contributed by atoms with van der Waals surface area (Å²) in [6, 6.07) is 0.537. The number of rotatable bonds is 3. The molecule has 0 amide bonds. The van der Waals surface area contributed by atoms with Crippen molar-refractivity contribution in [3.63, 3.8) is 0 Å². The zero-order valence-corrected chi connectivity index (χ0v) is 9.06. The van der Waals surface area contributed by atoms with E-state index in [2.05, 4.69) is 14.5 Å². The van der Waals surface area contributed by atoms with Gasteiger partial charge in [0, 0.05) is 12.2 Å². The summed E-state index contributed by atoms with van der Waals surface area (Å²) in [7, 11) is 0. The molecule has 17 heavy (non-hydrogen) atoms. The lowest BCUT2D eigenvalue weighted by molar-refractivity contribution is -0.389. The van der Waals surface area contributed by atoms with Crippen molar-refractivity contribution in [3.05, 3.63) is 35.2 Å². The number of nitro groups is 1. The molecule has 1 aliphatic carbocycles. The minimum atomic E-state index is -0.514. The summed E-state index contributed by atoms with van der Waals surface area (Å²) in [5.74, 6) is 0.501. The van der Waals surface area contributed by atoms with Crippen LogP contribution in [0.25, 0.3) is 5.82 Å². The Morgan fingerprint density at radius 1 is 1.29 bits per heavy atom. The molecule has 0 radical (unpaired) electrons. The molecule has 1 aliphatic rings. The summed E-state index contributed by atoms with van der Waals surface area (Å²) < 4.78 is 3.62. The third-order valence-electron chi connectivity index (χ3n) is 3.10. The van der Waals surface area contributed by atoms with Crippen molar-refractivity contribution in [2.45, 2.75) is 25.3 Å². The Kier molecular flexibility index (Phi) is 2.17. The fourth-order valence-corrected chi connectivity index (χ4v) is 1.88. The van der Waals surface area contributed by atoms with E-state index in [-0.39, 0.29) is 5.82 Å². The lowest BCUT2D eigenvalue weighted by Crippen LogP contribution is -2.15. The third-order valence-corrected chi connectivity index (χ3v) is 3.10. The van der Waals surface area contributed by atoms with E-state index in [4.69, 9.17) is 0 Å². The molecule has 0 saturated heterocycles. The second-order valence-electron chi connectivity index (χ2n) is 4.16. The Morgan fingerprint density at radius 3 is 2.71 bits per heavy atom. The lowest BCUT2D eigenvalue weighted by atomic mass is 9.93. The number of hydrogen-bond acceptors (Lipinski definition) is 4. The highest BCUT2D eigenvalue weighted by Crippen LogP contribution is 2.31. The molecular formula is C10H11N5O2. The predicted molar refractivity (Wildman–Crippen MR) is 58.9 cm³/mol. The quantitative estimate of drug-likeness (QED) is 0.597. The topological polar surface area (TPSA) is 78.8 Å². The van der Waals surface area contributed by atoms with E-state index in [1.165, 1.54) is 31.8 Å². The molecular weight excluding hydrogens is 222 g/mol. The second kappa shape index (κ2) is 3.69. The van der Waals surface area contributed by atoms with Gasteiger partial charge in [0.25, 0.3) is 0 Å². The molecule has 0 aromatic carbocycles. The van der Waals surface area contributed by atoms with Gasteiger partial charge in [-0.05, 0) is 29.2 Å². The van der Waals surface area contributed by atoms with Crippen molar-refractivity contribution in [1.82, 2.24) is 19.1 Å². The molecule has 0 aliphatic heterocycles. The highest BCUT2D eigenvalue weighted by Gasteiger charge is 2.20. The van der Waals surface area contributed by atoms with Crippen LogP contribution < -0.4 is 0 Å². The van der Waals surface area contributed by atoms with Crippen LogP contribution >= 0.6 is 0 Å². The van der Waals surface area contributed by atoms with Gasteiger partial charge in [-0.2, -0.15) is 0 Å². The second-order valence-corrected chi connectivity index (χ2v) is 4.16. The fraction of sp³-hybridized carbons (Fsp3) is 0.400. The first-order chi connectivity index (χ1) is 8.24. The number of aromatic nitrogens is 4. The van der Waals surface area contributed by atoms with Gasteiger partial charge in [-0.3, -0.25) is 4.57 Å². The summed E-state index contributed by atoms with van der Waals surface area (Å²) in [6.45, 7) is 0. The van der Waals surface area contributed by atoms with Crippen LogP contribution in [0.2, 0.25) is 0 Å². The summed E-state index contributed by atoms with van der Waals surface area (Å²) in [5.41, 5.74) is 0. The van der Waals surface area contributed by atoms with Gasteiger partial charge >= 0.3 is 5.82 Å². The number of hydrogen-bond donors (Lipinski definition) is 0. The minimum Gasteiger partial charge on any atom is -0.358 e. The van der Waals surface area contributed by atoms with Crippen molar-refractivity contribution < 1.29 is 4.92 Å². The van der Waals surface area contributed by atoms with Gasteiger partial charge in [0.1, 0.15) is 6.20 Å². The van der Waals surface area contributed by atoms with Gasteiger partial charge in [-0.15, -0.1) is 0 Å². The summed E-state index contributed by atoms with van der Waals surface area (Å²) in [5, 5.41) is 10.5. The van der Waals surface area contributed by atoms with Crippen LogP contribution in [-0.4, -0.2) is 24.0 Å². The molecule has 1 fully saturated rings. The largest absolute Gasteiger partial charge is 0.381 e. The Morgan fingerprint density at radius 2 is 2.12 bits per heavy atom. The van der Waals surface area contributed by atoms with Gasteiger partial charge in [0.15, 0.2) is 5.82 Å². The average molecular weight is 233 g/mol. The molecule has 2 heterocycles. The van der Waals surface area contributed by atoms with Crippen molar-refractivity contribution in [1.29, 1.82) is 0 Å². The molecule has 0 N–H and O–H groups in total. The molecule has 3 rings (SSSR count). The number of nitrogens with zero attached hydrogens (tertiary/aromatic N) is 5. The van der Waals surface area contributed by atoms with Crippen LogP contribution in [0, 0.1) is 10.1 Å². The summed E-state index contributed by atoms with van der Waals surface area (Å²) >= 11 is 0. The Hall–Kier alpha value is -2.18. The van der Waals surface area contributed by atoms with Crippen LogP contribution in [0.1, 0.15) is 25.3 Å². The van der Waals surface area contributed by atoms with Crippen molar-refractivity contribution >= 4 is 5.82 Å². The lowest BCUT2D eigenvalue weighted by Gasteiger charge is -2.26. The smallest absolute Gasteiger partial charge is 0.358 e. The highest BCUT2D eigenvalue weighted by molar-refractivity contribution is 5.25. The molecule has 0 unspecified atom stereocenters. The van der Waals surface area contributed by atoms with Crippen molar-refractivity contribution in [2.75, 3.05) is 0 Å². The van der Waals surface area contributed by atoms with E-state index < -0.39 is 4.92 Å². The van der Waals surface area contributed by atoms with Gasteiger partial charge in [0.05, 0.1) is 6.33 Å². The normalized spacial score (nSPS) is 15.8. The highest BCUT2D eigenvalue weighted by atomic mass is 16.6. The van der Waals surface area contributed by atoms with E-state index in [1.807, 2.05) is 6.20 Å². The third kappa shape index (κ3) is 1.69. The molecule has 88 valence electrons. The monoisotopic (exact) mass is 233 g/mol. The predicted octanol–water partition coefficient (Wildman–Crippen LogP) is 1.70. The minimum absolute atomic E-state index is 0.164. The van der Waals surface area contributed by atoms with Gasteiger partial charge in [0.2, 0.25) is 6.33 Å². The molecule has 2 aromatic heterocycles. The van der Waals surface area contributed by atoms with Crippen LogP contribution in [0.15, 0.2) is 25.0 Å². The molecule has 0 atom stereocenters. The van der Waals surface area contributed by atoms with E-state index in [1.54, 1.807) is 10.9 Å². The Labute approximate surface area is 96.9 Å². The van der Waals surface area contributed by atoms with Gasteiger partial charge in [-0.1, -0.05) is 0 Å². The zero-order chi connectivity index (χ0) is 11.8. The Bertz CT molecular complexity index is 555. The molecule has 0 spiro atoms. The van der Waals surface area contributed by atoms with E-state index >= 15 is 0 Å². The SMILES string of the molecule is O=[N+]([O-])c1cn(-c2cn(C3CCC3)cn2)cn1. The molecule has 7 heteroatoms. The van der Waals surface area contributed by atoms with Crippen LogP contribution in [0.3, 0.4) is 0 Å². The van der Waals surface area contributed by atoms with Crippen LogP contribution in [-0.2, 0) is 0 Å². The number of imidazole rings is 2. The molecule has 0 bridgehead atoms. The average Bonchev–Trinajstić information content (AvgIpc) is 2.80. The molecule has 7 nitrogen and oxygen atoms in total. The first kappa shape index (κ1) is 10.0. The molecule has 1 saturated carbocycles. The van der Waals surface area contributed by atoms with Crippen LogP contribution in [0.5, 0.6) is 0 Å². The fourth-order valence-electron chi connectivity index (χ4n) is 1.88. The van der Waals surface area contributed by atoms with E-state index in [0.717, 1.165) is 0 Å². The first-order valence-corrected chi connectivity index (χ1v) is 5.46. The zero-order valence-electron chi connectivity index (χ0n) is 9.06.